The molecule has 1 N–H and O–H groups in total. The molecule has 0 aromatic carbocycles. The topological polar surface area (TPSA) is 55.1 Å². The molecule has 0 amide bonds. The highest BCUT2D eigenvalue weighted by molar-refractivity contribution is 5.43. The lowest BCUT2D eigenvalue weighted by Crippen LogP contribution is -2.13. The van der Waals surface area contributed by atoms with Crippen molar-refractivity contribution in [2.45, 2.75) is 6.18 Å². The van der Waals surface area contributed by atoms with Gasteiger partial charge in [-0.1, -0.05) is 0 Å². The number of fused-ring (bicyclic) bond motifs is 1. The van der Waals surface area contributed by atoms with Crippen molar-refractivity contribution in [2.75, 3.05) is 12.4 Å². The molecule has 2 rings (SSSR count). The predicted octanol–water partition coefficient (Wildman–Crippen LogP) is 1.18. The molecule has 0 aliphatic rings. The lowest BCUT2D eigenvalue weighted by molar-refractivity contribution is -0.146. The van der Waals surface area contributed by atoms with E-state index in [4.69, 9.17) is 0 Å². The van der Waals surface area contributed by atoms with Gasteiger partial charge in [-0.25, -0.2) is 0 Å². The molecule has 0 aliphatic heterocycles. The molecule has 0 fully saturated rings. The molecule has 80 valence electrons. The maximum Gasteiger partial charge on any atom is 0.453 e. The lowest BCUT2D eigenvalue weighted by atomic mass is 10.5. The number of anilines is 1. The Labute approximate surface area is 81.9 Å². The van der Waals surface area contributed by atoms with Crippen molar-refractivity contribution < 1.29 is 13.2 Å². The fourth-order valence-corrected chi connectivity index (χ4v) is 1.10. The third-order valence-corrected chi connectivity index (χ3v) is 1.77. The number of rotatable bonds is 1. The van der Waals surface area contributed by atoms with E-state index in [1.54, 1.807) is 7.05 Å². The summed E-state index contributed by atoms with van der Waals surface area (Å²) in [6.07, 6.45) is -4.56. The minimum atomic E-state index is -4.56. The van der Waals surface area contributed by atoms with Gasteiger partial charge in [-0.3, -0.25) is 0 Å². The Morgan fingerprint density at radius 3 is 2.60 bits per heavy atom. The monoisotopic (exact) mass is 217 g/mol. The second-order valence-corrected chi connectivity index (χ2v) is 2.76. The van der Waals surface area contributed by atoms with Gasteiger partial charge >= 0.3 is 6.18 Å². The first-order valence-corrected chi connectivity index (χ1v) is 4.00. The molecule has 0 atom stereocenters. The van der Waals surface area contributed by atoms with E-state index in [0.29, 0.717) is 10.3 Å². The van der Waals surface area contributed by atoms with E-state index in [-0.39, 0.29) is 5.65 Å². The van der Waals surface area contributed by atoms with Crippen molar-refractivity contribution in [2.24, 2.45) is 0 Å². The minimum Gasteiger partial charge on any atom is -0.372 e. The second-order valence-electron chi connectivity index (χ2n) is 2.76. The molecule has 0 bridgehead atoms. The van der Waals surface area contributed by atoms with Crippen LogP contribution in [0.15, 0.2) is 12.1 Å². The number of aromatic nitrogens is 4. The zero-order valence-corrected chi connectivity index (χ0v) is 7.58. The fourth-order valence-electron chi connectivity index (χ4n) is 1.10. The SMILES string of the molecule is CNc1ccc2nnc(C(F)(F)F)n2n1. The number of hydrogen-bond acceptors (Lipinski definition) is 4. The Bertz CT molecular complexity index is 489. The van der Waals surface area contributed by atoms with Crippen molar-refractivity contribution in [3.05, 3.63) is 18.0 Å². The van der Waals surface area contributed by atoms with Crippen molar-refractivity contribution in [1.82, 2.24) is 19.8 Å². The van der Waals surface area contributed by atoms with Gasteiger partial charge in [0.15, 0.2) is 5.65 Å². The van der Waals surface area contributed by atoms with Gasteiger partial charge < -0.3 is 5.32 Å². The molecular formula is C7H6F3N5. The molecule has 0 spiro atoms. The largest absolute Gasteiger partial charge is 0.453 e. The van der Waals surface area contributed by atoms with Gasteiger partial charge in [-0.05, 0) is 12.1 Å². The van der Waals surface area contributed by atoms with E-state index in [0.717, 1.165) is 0 Å². The Hall–Kier alpha value is -1.86. The van der Waals surface area contributed by atoms with Gasteiger partial charge in [-0.2, -0.15) is 17.7 Å². The first-order chi connectivity index (χ1) is 7.02. The molecule has 2 aromatic heterocycles. The average molecular weight is 217 g/mol. The standard InChI is InChI=1S/C7H6F3N5/c1-11-4-2-3-5-12-13-6(7(8,9)10)15(5)14-4/h2-3H,1H3,(H,11,14). The molecule has 8 heteroatoms. The highest BCUT2D eigenvalue weighted by Gasteiger charge is 2.37. The van der Waals surface area contributed by atoms with Crippen LogP contribution in [0.4, 0.5) is 19.0 Å². The van der Waals surface area contributed by atoms with Crippen LogP contribution in [0.1, 0.15) is 5.82 Å². The van der Waals surface area contributed by atoms with Crippen LogP contribution in [0.3, 0.4) is 0 Å². The number of hydrogen-bond donors (Lipinski definition) is 1. The highest BCUT2D eigenvalue weighted by atomic mass is 19.4. The third kappa shape index (κ3) is 1.58. The lowest BCUT2D eigenvalue weighted by Gasteiger charge is -2.04. The van der Waals surface area contributed by atoms with Crippen molar-refractivity contribution in [3.63, 3.8) is 0 Å². The summed E-state index contributed by atoms with van der Waals surface area (Å²) in [5, 5.41) is 12.7. The summed E-state index contributed by atoms with van der Waals surface area (Å²) in [6.45, 7) is 0. The number of nitrogens with one attached hydrogen (secondary N) is 1. The van der Waals surface area contributed by atoms with E-state index in [9.17, 15) is 13.2 Å². The molecular weight excluding hydrogens is 211 g/mol. The van der Waals surface area contributed by atoms with Gasteiger partial charge in [0.25, 0.3) is 5.82 Å². The summed E-state index contributed by atoms with van der Waals surface area (Å²) < 4.78 is 37.9. The van der Waals surface area contributed by atoms with Crippen LogP contribution in [0, 0.1) is 0 Å². The van der Waals surface area contributed by atoms with Crippen LogP contribution >= 0.6 is 0 Å². The van der Waals surface area contributed by atoms with Crippen LogP contribution < -0.4 is 5.32 Å². The quantitative estimate of drug-likeness (QED) is 0.779. The third-order valence-electron chi connectivity index (χ3n) is 1.77. The molecule has 0 saturated carbocycles. The Kier molecular flexibility index (Phi) is 1.98. The maximum absolute atomic E-state index is 12.4. The van der Waals surface area contributed by atoms with Crippen LogP contribution in [0.25, 0.3) is 5.65 Å². The summed E-state index contributed by atoms with van der Waals surface area (Å²) in [7, 11) is 1.56. The highest BCUT2D eigenvalue weighted by Crippen LogP contribution is 2.27. The van der Waals surface area contributed by atoms with Gasteiger partial charge in [0.2, 0.25) is 0 Å². The average Bonchev–Trinajstić information content (AvgIpc) is 2.59. The smallest absolute Gasteiger partial charge is 0.372 e. The molecule has 2 heterocycles. The first-order valence-electron chi connectivity index (χ1n) is 4.00. The van der Waals surface area contributed by atoms with E-state index >= 15 is 0 Å². The number of nitrogens with zero attached hydrogens (tertiary/aromatic N) is 4. The summed E-state index contributed by atoms with van der Waals surface area (Å²) in [5.41, 5.74) is 0.0568. The molecule has 2 aromatic rings. The first kappa shape index (κ1) is 9.69. The maximum atomic E-state index is 12.4. The molecule has 0 radical (unpaired) electrons. The van der Waals surface area contributed by atoms with Gasteiger partial charge in [0.1, 0.15) is 5.82 Å². The van der Waals surface area contributed by atoms with Crippen molar-refractivity contribution in [3.8, 4) is 0 Å². The second kappa shape index (κ2) is 3.07. The zero-order valence-electron chi connectivity index (χ0n) is 7.58. The Morgan fingerprint density at radius 1 is 1.27 bits per heavy atom. The van der Waals surface area contributed by atoms with E-state index in [2.05, 4.69) is 20.6 Å². The van der Waals surface area contributed by atoms with Crippen molar-refractivity contribution >= 4 is 11.5 Å². The zero-order chi connectivity index (χ0) is 11.1. The van der Waals surface area contributed by atoms with E-state index in [1.165, 1.54) is 12.1 Å². The van der Waals surface area contributed by atoms with Gasteiger partial charge in [0.05, 0.1) is 0 Å². The number of halogens is 3. The fraction of sp³-hybridized carbons (Fsp3) is 0.286. The molecule has 15 heavy (non-hydrogen) atoms. The summed E-state index contributed by atoms with van der Waals surface area (Å²) >= 11 is 0. The van der Waals surface area contributed by atoms with E-state index < -0.39 is 12.0 Å². The van der Waals surface area contributed by atoms with Crippen LogP contribution in [0.5, 0.6) is 0 Å². The van der Waals surface area contributed by atoms with Crippen LogP contribution in [-0.4, -0.2) is 26.9 Å². The minimum absolute atomic E-state index is 0.0568. The molecule has 0 unspecified atom stereocenters. The summed E-state index contributed by atoms with van der Waals surface area (Å²) in [4.78, 5) is 0. The van der Waals surface area contributed by atoms with E-state index in [1.807, 2.05) is 0 Å². The Balaban J connectivity index is 2.67. The van der Waals surface area contributed by atoms with Crippen LogP contribution in [0.2, 0.25) is 0 Å². The molecule has 0 aliphatic carbocycles. The molecule has 5 nitrogen and oxygen atoms in total. The summed E-state index contributed by atoms with van der Waals surface area (Å²) in [6, 6.07) is 2.92. The summed E-state index contributed by atoms with van der Waals surface area (Å²) in [5.74, 6) is -0.817. The van der Waals surface area contributed by atoms with Gasteiger partial charge in [0, 0.05) is 7.05 Å². The van der Waals surface area contributed by atoms with Gasteiger partial charge in [-0.15, -0.1) is 15.3 Å². The Morgan fingerprint density at radius 2 is 2.00 bits per heavy atom. The normalized spacial score (nSPS) is 12.0. The van der Waals surface area contributed by atoms with Crippen LogP contribution in [-0.2, 0) is 6.18 Å². The predicted molar refractivity (Wildman–Crippen MR) is 45.3 cm³/mol. The van der Waals surface area contributed by atoms with Crippen molar-refractivity contribution in [1.29, 1.82) is 0 Å². The molecule has 0 saturated heterocycles. The number of alkyl halides is 3.